The van der Waals surface area contributed by atoms with Crippen molar-refractivity contribution in [2.24, 2.45) is 0 Å². The zero-order chi connectivity index (χ0) is 13.7. The third-order valence-corrected chi connectivity index (χ3v) is 3.54. The Hall–Kier alpha value is -1.55. The summed E-state index contributed by atoms with van der Waals surface area (Å²) in [6.45, 7) is 1.57. The molecule has 1 fully saturated rings. The van der Waals surface area contributed by atoms with Crippen LogP contribution in [0.4, 0.5) is 0 Å². The summed E-state index contributed by atoms with van der Waals surface area (Å²) in [5.41, 5.74) is 1.09. The van der Waals surface area contributed by atoms with Crippen molar-refractivity contribution in [1.82, 2.24) is 10.2 Å². The van der Waals surface area contributed by atoms with Crippen LogP contribution in [-0.2, 0) is 11.3 Å². The molecule has 19 heavy (non-hydrogen) atoms. The van der Waals surface area contributed by atoms with Gasteiger partial charge in [0.25, 0.3) is 0 Å². The smallest absolute Gasteiger partial charge is 0.239 e. The van der Waals surface area contributed by atoms with Crippen LogP contribution >= 0.6 is 0 Å². The van der Waals surface area contributed by atoms with Crippen LogP contribution in [0.15, 0.2) is 24.3 Å². The topological polar surface area (TPSA) is 41.6 Å². The number of nitrogens with one attached hydrogen (secondary N) is 1. The number of likely N-dealkylation sites (N-methyl/N-ethyl adjacent to an activating group) is 1. The Bertz CT molecular complexity index is 428. The minimum absolute atomic E-state index is 0.00985. The molecule has 0 aliphatic carbocycles. The van der Waals surface area contributed by atoms with Gasteiger partial charge in [0.2, 0.25) is 5.91 Å². The van der Waals surface area contributed by atoms with Gasteiger partial charge in [-0.3, -0.25) is 4.79 Å². The second-order valence-electron chi connectivity index (χ2n) is 5.05. The molecule has 104 valence electrons. The number of ether oxygens (including phenoxy) is 1. The molecule has 0 aromatic heterocycles. The zero-order valence-corrected chi connectivity index (χ0v) is 11.7. The van der Waals surface area contributed by atoms with Gasteiger partial charge in [0.05, 0.1) is 13.2 Å². The van der Waals surface area contributed by atoms with E-state index in [2.05, 4.69) is 5.32 Å². The van der Waals surface area contributed by atoms with Gasteiger partial charge in [-0.15, -0.1) is 0 Å². The first kappa shape index (κ1) is 13.9. The Morgan fingerprint density at radius 2 is 2.32 bits per heavy atom. The number of carbonyl (C=O) groups excluding carboxylic acids is 1. The van der Waals surface area contributed by atoms with Gasteiger partial charge in [0.1, 0.15) is 5.75 Å². The normalized spacial score (nSPS) is 18.9. The van der Waals surface area contributed by atoms with E-state index >= 15 is 0 Å². The van der Waals surface area contributed by atoms with E-state index in [1.807, 2.05) is 31.3 Å². The minimum Gasteiger partial charge on any atom is -0.497 e. The van der Waals surface area contributed by atoms with Crippen LogP contribution < -0.4 is 10.1 Å². The van der Waals surface area contributed by atoms with Crippen molar-refractivity contribution in [3.63, 3.8) is 0 Å². The van der Waals surface area contributed by atoms with E-state index in [1.165, 1.54) is 6.42 Å². The molecule has 4 heteroatoms. The van der Waals surface area contributed by atoms with Crippen LogP contribution in [-0.4, -0.2) is 37.6 Å². The second kappa shape index (κ2) is 6.57. The van der Waals surface area contributed by atoms with Crippen LogP contribution in [0, 0.1) is 0 Å². The molecule has 1 aromatic carbocycles. The number of piperidine rings is 1. The van der Waals surface area contributed by atoms with Crippen LogP contribution in [0.3, 0.4) is 0 Å². The average molecular weight is 262 g/mol. The third-order valence-electron chi connectivity index (χ3n) is 3.54. The highest BCUT2D eigenvalue weighted by Gasteiger charge is 2.23. The second-order valence-corrected chi connectivity index (χ2v) is 5.05. The summed E-state index contributed by atoms with van der Waals surface area (Å²) in [6, 6.07) is 7.84. The van der Waals surface area contributed by atoms with Gasteiger partial charge >= 0.3 is 0 Å². The van der Waals surface area contributed by atoms with Crippen molar-refractivity contribution >= 4 is 5.91 Å². The predicted molar refractivity (Wildman–Crippen MR) is 75.1 cm³/mol. The summed E-state index contributed by atoms with van der Waals surface area (Å²) in [7, 11) is 3.51. The standard InChI is InChI=1S/C15H22N2O2/c1-17(15(18)14-8-3-4-9-16-14)11-12-6-5-7-13(10-12)19-2/h5-7,10,14,16H,3-4,8-9,11H2,1-2H3/t14-/m0/s1. The van der Waals surface area contributed by atoms with Gasteiger partial charge in [-0.25, -0.2) is 0 Å². The Morgan fingerprint density at radius 1 is 1.47 bits per heavy atom. The molecule has 0 spiro atoms. The lowest BCUT2D eigenvalue weighted by Crippen LogP contribution is -2.46. The molecule has 1 aliphatic rings. The first-order chi connectivity index (χ1) is 9.20. The first-order valence-corrected chi connectivity index (χ1v) is 6.82. The molecule has 4 nitrogen and oxygen atoms in total. The van der Waals surface area contributed by atoms with Gasteiger partial charge < -0.3 is 15.0 Å². The molecule has 1 saturated heterocycles. The maximum Gasteiger partial charge on any atom is 0.239 e. The highest BCUT2D eigenvalue weighted by Crippen LogP contribution is 2.15. The number of amides is 1. The molecule has 1 aliphatic heterocycles. The van der Waals surface area contributed by atoms with Crippen LogP contribution in [0.1, 0.15) is 24.8 Å². The molecule has 0 saturated carbocycles. The fourth-order valence-corrected chi connectivity index (χ4v) is 2.45. The van der Waals surface area contributed by atoms with Gasteiger partial charge in [-0.2, -0.15) is 0 Å². The highest BCUT2D eigenvalue weighted by molar-refractivity contribution is 5.81. The number of nitrogens with zero attached hydrogens (tertiary/aromatic N) is 1. The third kappa shape index (κ3) is 3.70. The lowest BCUT2D eigenvalue weighted by atomic mass is 10.0. The summed E-state index contributed by atoms with van der Waals surface area (Å²) >= 11 is 0. The lowest BCUT2D eigenvalue weighted by molar-refractivity contribution is -0.133. The van der Waals surface area contributed by atoms with E-state index in [1.54, 1.807) is 12.0 Å². The van der Waals surface area contributed by atoms with Gasteiger partial charge in [0.15, 0.2) is 0 Å². The SMILES string of the molecule is COc1cccc(CN(C)C(=O)[C@@H]2CCCCN2)c1. The maximum atomic E-state index is 12.3. The quantitative estimate of drug-likeness (QED) is 0.899. The van der Waals surface area contributed by atoms with Crippen molar-refractivity contribution in [2.75, 3.05) is 20.7 Å². The molecule has 1 N–H and O–H groups in total. The molecule has 1 atom stereocenters. The van der Waals surface area contributed by atoms with Crippen LogP contribution in [0.25, 0.3) is 0 Å². The van der Waals surface area contributed by atoms with E-state index < -0.39 is 0 Å². The fraction of sp³-hybridized carbons (Fsp3) is 0.533. The van der Waals surface area contributed by atoms with Crippen molar-refractivity contribution in [3.05, 3.63) is 29.8 Å². The van der Waals surface area contributed by atoms with E-state index in [9.17, 15) is 4.79 Å². The molecule has 2 rings (SSSR count). The first-order valence-electron chi connectivity index (χ1n) is 6.82. The molecule has 1 amide bonds. The summed E-state index contributed by atoms with van der Waals surface area (Å²) in [4.78, 5) is 14.1. The Balaban J connectivity index is 1.95. The van der Waals surface area contributed by atoms with Crippen molar-refractivity contribution in [2.45, 2.75) is 31.8 Å². The Labute approximate surface area is 114 Å². The predicted octanol–water partition coefficient (Wildman–Crippen LogP) is 1.80. The van der Waals surface area contributed by atoms with E-state index in [4.69, 9.17) is 4.74 Å². The van der Waals surface area contributed by atoms with Crippen LogP contribution in [0.5, 0.6) is 5.75 Å². The maximum absolute atomic E-state index is 12.3. The summed E-state index contributed by atoms with van der Waals surface area (Å²) in [6.07, 6.45) is 3.25. The molecule has 0 unspecified atom stereocenters. The van der Waals surface area contributed by atoms with Gasteiger partial charge in [-0.05, 0) is 37.1 Å². The molecule has 0 radical (unpaired) electrons. The fourth-order valence-electron chi connectivity index (χ4n) is 2.45. The Kier molecular flexibility index (Phi) is 4.80. The van der Waals surface area contributed by atoms with E-state index in [0.717, 1.165) is 30.7 Å². The number of methoxy groups -OCH3 is 1. The van der Waals surface area contributed by atoms with Crippen molar-refractivity contribution in [3.8, 4) is 5.75 Å². The van der Waals surface area contributed by atoms with Crippen molar-refractivity contribution in [1.29, 1.82) is 0 Å². The van der Waals surface area contributed by atoms with Crippen molar-refractivity contribution < 1.29 is 9.53 Å². The molecule has 1 heterocycles. The highest BCUT2D eigenvalue weighted by atomic mass is 16.5. The van der Waals surface area contributed by atoms with Gasteiger partial charge in [-0.1, -0.05) is 18.6 Å². The summed E-state index contributed by atoms with van der Waals surface area (Å²) in [5.74, 6) is 1.01. The lowest BCUT2D eigenvalue weighted by Gasteiger charge is -2.27. The summed E-state index contributed by atoms with van der Waals surface area (Å²) in [5, 5.41) is 3.29. The average Bonchev–Trinajstić information content (AvgIpc) is 2.47. The van der Waals surface area contributed by atoms with E-state index in [-0.39, 0.29) is 11.9 Å². The molecule has 0 bridgehead atoms. The number of benzene rings is 1. The minimum atomic E-state index is -0.00985. The summed E-state index contributed by atoms with van der Waals surface area (Å²) < 4.78 is 5.20. The number of hydrogen-bond donors (Lipinski definition) is 1. The molecular formula is C15H22N2O2. The van der Waals surface area contributed by atoms with Crippen LogP contribution in [0.2, 0.25) is 0 Å². The van der Waals surface area contributed by atoms with Gasteiger partial charge in [0, 0.05) is 13.6 Å². The zero-order valence-electron chi connectivity index (χ0n) is 11.7. The number of hydrogen-bond acceptors (Lipinski definition) is 3. The number of carbonyl (C=O) groups is 1. The largest absolute Gasteiger partial charge is 0.497 e. The molecular weight excluding hydrogens is 240 g/mol. The number of rotatable bonds is 4. The monoisotopic (exact) mass is 262 g/mol. The van der Waals surface area contributed by atoms with E-state index in [0.29, 0.717) is 6.54 Å². The molecule has 1 aromatic rings. The Morgan fingerprint density at radius 3 is 3.00 bits per heavy atom.